The molecule has 0 aliphatic rings. The molecule has 20 heavy (non-hydrogen) atoms. The molecule has 0 aliphatic carbocycles. The maximum Gasteiger partial charge on any atom is 0.338 e. The van der Waals surface area contributed by atoms with Crippen LogP contribution >= 0.6 is 0 Å². The molecular formula is C12H9NO7. The van der Waals surface area contributed by atoms with Crippen LogP contribution in [-0.2, 0) is 4.74 Å². The highest BCUT2D eigenvalue weighted by atomic mass is 16.6. The number of hydrogen-bond acceptors (Lipinski definition) is 7. The Balaban J connectivity index is 2.95. The van der Waals surface area contributed by atoms with Gasteiger partial charge in [-0.05, 0) is 6.07 Å². The molecule has 0 atom stereocenters. The van der Waals surface area contributed by atoms with Crippen molar-refractivity contribution in [2.75, 3.05) is 14.2 Å². The van der Waals surface area contributed by atoms with Crippen molar-refractivity contribution < 1.29 is 23.6 Å². The fraction of sp³-hybridized carbons (Fsp3) is 0.167. The van der Waals surface area contributed by atoms with Gasteiger partial charge in [-0.2, -0.15) is 0 Å². The Bertz CT molecular complexity index is 762. The Kier molecular flexibility index (Phi) is 3.38. The molecule has 0 radical (unpaired) electrons. The number of carbonyl (C=O) groups is 1. The summed E-state index contributed by atoms with van der Waals surface area (Å²) in [5, 5.41) is 11.1. The molecule has 0 N–H and O–H groups in total. The van der Waals surface area contributed by atoms with Crippen LogP contribution in [-0.4, -0.2) is 25.1 Å². The zero-order valence-electron chi connectivity index (χ0n) is 10.5. The third kappa shape index (κ3) is 2.18. The highest BCUT2D eigenvalue weighted by molar-refractivity contribution is 6.05. The molecule has 0 saturated carbocycles. The fourth-order valence-electron chi connectivity index (χ4n) is 1.75. The second-order valence-electron chi connectivity index (χ2n) is 3.75. The van der Waals surface area contributed by atoms with Crippen LogP contribution in [0, 0.1) is 10.1 Å². The van der Waals surface area contributed by atoms with Gasteiger partial charge in [0.1, 0.15) is 5.75 Å². The van der Waals surface area contributed by atoms with Crippen LogP contribution in [0.5, 0.6) is 5.75 Å². The zero-order valence-corrected chi connectivity index (χ0v) is 10.5. The van der Waals surface area contributed by atoms with Gasteiger partial charge in [0, 0.05) is 11.5 Å². The summed E-state index contributed by atoms with van der Waals surface area (Å²) in [7, 11) is 2.46. The molecule has 0 fully saturated rings. The number of hydrogen-bond donors (Lipinski definition) is 0. The van der Waals surface area contributed by atoms with E-state index in [4.69, 9.17) is 9.15 Å². The normalized spacial score (nSPS) is 10.3. The number of ether oxygens (including phenoxy) is 2. The average molecular weight is 279 g/mol. The van der Waals surface area contributed by atoms with Gasteiger partial charge in [-0.15, -0.1) is 0 Å². The van der Waals surface area contributed by atoms with E-state index in [9.17, 15) is 19.7 Å². The topological polar surface area (TPSA) is 109 Å². The van der Waals surface area contributed by atoms with Crippen molar-refractivity contribution in [1.29, 1.82) is 0 Å². The Morgan fingerprint density at radius 1 is 1.30 bits per heavy atom. The lowest BCUT2D eigenvalue weighted by molar-refractivity contribution is -0.383. The molecule has 8 heteroatoms. The number of esters is 1. The van der Waals surface area contributed by atoms with Gasteiger partial charge in [0.05, 0.1) is 30.8 Å². The quantitative estimate of drug-likeness (QED) is 0.362. The third-order valence-corrected chi connectivity index (χ3v) is 2.64. The van der Waals surface area contributed by atoms with Crippen LogP contribution in [0.4, 0.5) is 5.69 Å². The van der Waals surface area contributed by atoms with Gasteiger partial charge >= 0.3 is 17.3 Å². The van der Waals surface area contributed by atoms with E-state index in [-0.39, 0.29) is 22.3 Å². The average Bonchev–Trinajstić information content (AvgIpc) is 2.44. The van der Waals surface area contributed by atoms with E-state index in [2.05, 4.69) is 4.74 Å². The van der Waals surface area contributed by atoms with E-state index in [1.54, 1.807) is 0 Å². The van der Waals surface area contributed by atoms with Crippen molar-refractivity contribution in [2.45, 2.75) is 0 Å². The first-order valence-electron chi connectivity index (χ1n) is 5.36. The molecule has 1 aromatic heterocycles. The van der Waals surface area contributed by atoms with Crippen molar-refractivity contribution >= 4 is 22.6 Å². The lowest BCUT2D eigenvalue weighted by atomic mass is 10.1. The van der Waals surface area contributed by atoms with Crippen LogP contribution in [0.2, 0.25) is 0 Å². The van der Waals surface area contributed by atoms with Gasteiger partial charge in [0.25, 0.3) is 0 Å². The summed E-state index contributed by atoms with van der Waals surface area (Å²) in [6, 6.07) is 3.38. The monoisotopic (exact) mass is 279 g/mol. The highest BCUT2D eigenvalue weighted by Gasteiger charge is 2.22. The molecule has 0 aliphatic heterocycles. The predicted octanol–water partition coefficient (Wildman–Crippen LogP) is 1.50. The standard InChI is InChI=1S/C12H9NO7/c1-18-6-3-7-8(12(15)19-2)5-10(14)20-11(7)9(4-6)13(16)17/h3-5H,1-2H3. The first-order valence-corrected chi connectivity index (χ1v) is 5.36. The Morgan fingerprint density at radius 3 is 2.55 bits per heavy atom. The SMILES string of the molecule is COC(=O)c1cc(=O)oc2c([N+](=O)[O-])cc(OC)cc12. The van der Waals surface area contributed by atoms with E-state index in [0.29, 0.717) is 0 Å². The first-order chi connectivity index (χ1) is 9.47. The van der Waals surface area contributed by atoms with Crippen LogP contribution in [0.15, 0.2) is 27.4 Å². The lowest BCUT2D eigenvalue weighted by Gasteiger charge is -2.06. The van der Waals surface area contributed by atoms with E-state index in [1.807, 2.05) is 0 Å². The number of rotatable bonds is 3. The van der Waals surface area contributed by atoms with E-state index >= 15 is 0 Å². The maximum absolute atomic E-state index is 11.6. The summed E-state index contributed by atoms with van der Waals surface area (Å²) in [4.78, 5) is 33.4. The van der Waals surface area contributed by atoms with Crippen LogP contribution < -0.4 is 10.4 Å². The molecular weight excluding hydrogens is 270 g/mol. The molecule has 0 unspecified atom stereocenters. The summed E-state index contributed by atoms with van der Waals surface area (Å²) in [5.41, 5.74) is -1.78. The number of methoxy groups -OCH3 is 2. The Hall–Kier alpha value is -2.90. The number of fused-ring (bicyclic) bond motifs is 1. The first kappa shape index (κ1) is 13.5. The molecule has 0 amide bonds. The molecule has 0 spiro atoms. The number of benzene rings is 1. The van der Waals surface area contributed by atoms with Crippen molar-refractivity contribution in [1.82, 2.24) is 0 Å². The second-order valence-corrected chi connectivity index (χ2v) is 3.75. The van der Waals surface area contributed by atoms with Gasteiger partial charge in [0.15, 0.2) is 0 Å². The largest absolute Gasteiger partial charge is 0.496 e. The van der Waals surface area contributed by atoms with Gasteiger partial charge in [-0.3, -0.25) is 10.1 Å². The summed E-state index contributed by atoms with van der Waals surface area (Å²) < 4.78 is 14.3. The summed E-state index contributed by atoms with van der Waals surface area (Å²) in [5.74, 6) is -0.645. The number of nitro groups is 1. The van der Waals surface area contributed by atoms with Crippen molar-refractivity contribution in [3.63, 3.8) is 0 Å². The Morgan fingerprint density at radius 2 is 2.00 bits per heavy atom. The number of nitrogens with zero attached hydrogens (tertiary/aromatic N) is 1. The van der Waals surface area contributed by atoms with Crippen molar-refractivity contribution in [3.8, 4) is 5.75 Å². The van der Waals surface area contributed by atoms with Gasteiger partial charge < -0.3 is 13.9 Å². The van der Waals surface area contributed by atoms with E-state index in [1.165, 1.54) is 13.2 Å². The molecule has 1 aromatic carbocycles. The molecule has 104 valence electrons. The van der Waals surface area contributed by atoms with E-state index < -0.39 is 22.2 Å². The summed E-state index contributed by atoms with van der Waals surface area (Å²) >= 11 is 0. The van der Waals surface area contributed by atoms with Gasteiger partial charge in [0.2, 0.25) is 5.58 Å². The molecule has 2 aromatic rings. The third-order valence-electron chi connectivity index (χ3n) is 2.64. The fourth-order valence-corrected chi connectivity index (χ4v) is 1.75. The smallest absolute Gasteiger partial charge is 0.338 e. The molecule has 1 heterocycles. The van der Waals surface area contributed by atoms with Crippen LogP contribution in [0.1, 0.15) is 10.4 Å². The maximum atomic E-state index is 11.6. The molecule has 0 bridgehead atoms. The lowest BCUT2D eigenvalue weighted by Crippen LogP contribution is -2.09. The van der Waals surface area contributed by atoms with Crippen LogP contribution in [0.25, 0.3) is 11.0 Å². The van der Waals surface area contributed by atoms with Crippen LogP contribution in [0.3, 0.4) is 0 Å². The minimum Gasteiger partial charge on any atom is -0.496 e. The van der Waals surface area contributed by atoms with E-state index in [0.717, 1.165) is 19.2 Å². The number of non-ortho nitro benzene ring substituents is 1. The van der Waals surface area contributed by atoms with Crippen molar-refractivity contribution in [2.24, 2.45) is 0 Å². The minimum absolute atomic E-state index is 0.0718. The number of nitro benzene ring substituents is 1. The Labute approximate surface area is 111 Å². The number of carbonyl (C=O) groups excluding carboxylic acids is 1. The molecule has 2 rings (SSSR count). The molecule has 8 nitrogen and oxygen atoms in total. The highest BCUT2D eigenvalue weighted by Crippen LogP contribution is 2.32. The molecule has 0 saturated heterocycles. The minimum atomic E-state index is -0.883. The second kappa shape index (κ2) is 5.00. The van der Waals surface area contributed by atoms with Crippen molar-refractivity contribution in [3.05, 3.63) is 44.3 Å². The summed E-state index contributed by atoms with van der Waals surface area (Å²) in [6.45, 7) is 0. The predicted molar refractivity (Wildman–Crippen MR) is 67.0 cm³/mol. The summed E-state index contributed by atoms with van der Waals surface area (Å²) in [6.07, 6.45) is 0. The van der Waals surface area contributed by atoms with Gasteiger partial charge in [-0.25, -0.2) is 9.59 Å². The van der Waals surface area contributed by atoms with Gasteiger partial charge in [-0.1, -0.05) is 0 Å². The zero-order chi connectivity index (χ0) is 14.9.